The summed E-state index contributed by atoms with van der Waals surface area (Å²) in [5.41, 5.74) is 2.55. The predicted octanol–water partition coefficient (Wildman–Crippen LogP) is 1.75. The zero-order chi connectivity index (χ0) is 24.0. The lowest BCUT2D eigenvalue weighted by Gasteiger charge is -2.21. The first kappa shape index (κ1) is 24.6. The van der Waals surface area contributed by atoms with Crippen LogP contribution in [0, 0.1) is 0 Å². The third kappa shape index (κ3) is 5.16. The molecular weight excluding hydrogens is 432 g/mol. The molecule has 0 amide bonds. The monoisotopic (exact) mass is 462 g/mol. The van der Waals surface area contributed by atoms with E-state index in [0.29, 0.717) is 30.1 Å². The number of rotatable bonds is 11. The van der Waals surface area contributed by atoms with E-state index in [2.05, 4.69) is 4.74 Å². The Hall–Kier alpha value is -3.01. The van der Waals surface area contributed by atoms with Crippen LogP contribution in [0.15, 0.2) is 30.3 Å². The van der Waals surface area contributed by atoms with Gasteiger partial charge in [0.15, 0.2) is 23.0 Å². The molecule has 3 rings (SSSR count). The van der Waals surface area contributed by atoms with Gasteiger partial charge < -0.3 is 39.0 Å². The number of hydrogen-bond acceptors (Lipinski definition) is 9. The summed E-state index contributed by atoms with van der Waals surface area (Å²) in [6.45, 7) is -0.618. The van der Waals surface area contributed by atoms with E-state index in [1.807, 2.05) is 12.1 Å². The lowest BCUT2D eigenvalue weighted by Crippen LogP contribution is -2.32. The van der Waals surface area contributed by atoms with Crippen LogP contribution in [-0.4, -0.2) is 68.5 Å². The molecular formula is C24H30O9. The molecule has 0 bridgehead atoms. The molecule has 1 unspecified atom stereocenters. The molecule has 0 spiro atoms. The number of carbonyl (C=O) groups is 1. The average molecular weight is 462 g/mol. The van der Waals surface area contributed by atoms with Gasteiger partial charge in [-0.25, -0.2) is 4.79 Å². The molecule has 0 saturated carbocycles. The van der Waals surface area contributed by atoms with Crippen molar-refractivity contribution in [2.45, 2.75) is 31.0 Å². The van der Waals surface area contributed by atoms with E-state index in [1.54, 1.807) is 25.3 Å². The molecule has 9 heteroatoms. The maximum absolute atomic E-state index is 11.8. The molecule has 2 aromatic rings. The van der Waals surface area contributed by atoms with Gasteiger partial charge in [0.05, 0.1) is 40.5 Å². The SMILES string of the molecule is COC(=O)C(CO)Oc1ccc([C@@H]2Oc3c(OC)cc(CCCO)cc3[C@H]2CO)cc1OC. The van der Waals surface area contributed by atoms with Gasteiger partial charge in [-0.2, -0.15) is 0 Å². The van der Waals surface area contributed by atoms with Gasteiger partial charge in [-0.15, -0.1) is 0 Å². The number of carbonyl (C=O) groups excluding carboxylic acids is 1. The number of aliphatic hydroxyl groups excluding tert-OH is 3. The molecule has 0 fully saturated rings. The molecule has 0 aromatic heterocycles. The van der Waals surface area contributed by atoms with Crippen LogP contribution in [0.2, 0.25) is 0 Å². The van der Waals surface area contributed by atoms with Crippen molar-refractivity contribution in [1.82, 2.24) is 0 Å². The second-order valence-electron chi connectivity index (χ2n) is 7.59. The van der Waals surface area contributed by atoms with Crippen molar-refractivity contribution < 1.29 is 43.8 Å². The van der Waals surface area contributed by atoms with Crippen LogP contribution in [0.25, 0.3) is 0 Å². The minimum atomic E-state index is -1.19. The van der Waals surface area contributed by atoms with Crippen LogP contribution in [0.1, 0.15) is 35.1 Å². The summed E-state index contributed by atoms with van der Waals surface area (Å²) >= 11 is 0. The Morgan fingerprint density at radius 1 is 1.03 bits per heavy atom. The quantitative estimate of drug-likeness (QED) is 0.429. The van der Waals surface area contributed by atoms with E-state index in [4.69, 9.17) is 24.1 Å². The Morgan fingerprint density at radius 3 is 2.39 bits per heavy atom. The van der Waals surface area contributed by atoms with E-state index in [9.17, 15) is 15.0 Å². The van der Waals surface area contributed by atoms with E-state index in [0.717, 1.165) is 16.7 Å². The zero-order valence-electron chi connectivity index (χ0n) is 18.9. The van der Waals surface area contributed by atoms with Gasteiger partial charge in [0.1, 0.15) is 6.10 Å². The molecule has 180 valence electrons. The average Bonchev–Trinajstić information content (AvgIpc) is 3.23. The molecule has 33 heavy (non-hydrogen) atoms. The summed E-state index contributed by atoms with van der Waals surface area (Å²) in [6, 6.07) is 8.93. The van der Waals surface area contributed by atoms with Crippen molar-refractivity contribution in [3.8, 4) is 23.0 Å². The first-order valence-electron chi connectivity index (χ1n) is 10.6. The standard InChI is InChI=1S/C24H30O9/c1-29-19-11-15(6-7-18(19)32-21(13-27)24(28)31-3)22-17(12-26)16-9-14(5-4-8-25)10-20(30-2)23(16)33-22/h6-7,9-11,17,21-22,25-27H,4-5,8,12-13H2,1-3H3/t17-,21?,22+/m1/s1. The summed E-state index contributed by atoms with van der Waals surface area (Å²) in [7, 11) is 4.23. The van der Waals surface area contributed by atoms with Crippen molar-refractivity contribution in [1.29, 1.82) is 0 Å². The van der Waals surface area contributed by atoms with Gasteiger partial charge in [0, 0.05) is 12.2 Å². The molecule has 2 aromatic carbocycles. The highest BCUT2D eigenvalue weighted by atomic mass is 16.6. The molecule has 1 heterocycles. The Kier molecular flexibility index (Phi) is 8.37. The fourth-order valence-electron chi connectivity index (χ4n) is 3.93. The van der Waals surface area contributed by atoms with Crippen LogP contribution in [0.5, 0.6) is 23.0 Å². The van der Waals surface area contributed by atoms with Crippen LogP contribution >= 0.6 is 0 Å². The summed E-state index contributed by atoms with van der Waals surface area (Å²) in [5.74, 6) is 0.673. The van der Waals surface area contributed by atoms with Gasteiger partial charge in [-0.3, -0.25) is 0 Å². The van der Waals surface area contributed by atoms with Crippen molar-refractivity contribution in [3.05, 3.63) is 47.0 Å². The summed E-state index contributed by atoms with van der Waals surface area (Å²) < 4.78 is 27.4. The number of benzene rings is 2. The van der Waals surface area contributed by atoms with Crippen LogP contribution in [-0.2, 0) is 16.0 Å². The molecule has 0 radical (unpaired) electrons. The maximum Gasteiger partial charge on any atom is 0.349 e. The second-order valence-corrected chi connectivity index (χ2v) is 7.59. The minimum absolute atomic E-state index is 0.0866. The number of aryl methyl sites for hydroxylation is 1. The fraction of sp³-hybridized carbons (Fsp3) is 0.458. The minimum Gasteiger partial charge on any atom is -0.493 e. The molecule has 0 aliphatic carbocycles. The van der Waals surface area contributed by atoms with Gasteiger partial charge in [0.2, 0.25) is 6.10 Å². The number of methoxy groups -OCH3 is 3. The zero-order valence-corrected chi connectivity index (χ0v) is 18.9. The molecule has 1 aliphatic heterocycles. The van der Waals surface area contributed by atoms with Crippen molar-refractivity contribution in [2.75, 3.05) is 41.2 Å². The number of aliphatic hydroxyl groups is 3. The topological polar surface area (TPSA) is 124 Å². The third-order valence-corrected chi connectivity index (χ3v) is 5.61. The lowest BCUT2D eigenvalue weighted by molar-refractivity contribution is -0.150. The summed E-state index contributed by atoms with van der Waals surface area (Å²) in [5, 5.41) is 28.8. The smallest absolute Gasteiger partial charge is 0.349 e. The van der Waals surface area contributed by atoms with E-state index >= 15 is 0 Å². The largest absolute Gasteiger partial charge is 0.493 e. The molecule has 1 aliphatic rings. The van der Waals surface area contributed by atoms with Gasteiger partial charge in [-0.05, 0) is 42.2 Å². The Balaban J connectivity index is 1.93. The van der Waals surface area contributed by atoms with Crippen molar-refractivity contribution in [2.24, 2.45) is 0 Å². The maximum atomic E-state index is 11.8. The third-order valence-electron chi connectivity index (χ3n) is 5.61. The van der Waals surface area contributed by atoms with Crippen LogP contribution < -0.4 is 18.9 Å². The number of fused-ring (bicyclic) bond motifs is 1. The van der Waals surface area contributed by atoms with Crippen LogP contribution in [0.4, 0.5) is 0 Å². The molecule has 3 N–H and O–H groups in total. The lowest BCUT2D eigenvalue weighted by atomic mass is 9.90. The van der Waals surface area contributed by atoms with Gasteiger partial charge >= 0.3 is 5.97 Å². The number of ether oxygens (including phenoxy) is 5. The first-order chi connectivity index (χ1) is 16.0. The highest BCUT2D eigenvalue weighted by Crippen LogP contribution is 2.51. The Morgan fingerprint density at radius 2 is 1.79 bits per heavy atom. The van der Waals surface area contributed by atoms with Crippen molar-refractivity contribution in [3.63, 3.8) is 0 Å². The first-order valence-corrected chi connectivity index (χ1v) is 10.6. The molecule has 0 saturated heterocycles. The summed E-state index contributed by atoms with van der Waals surface area (Å²) in [6.07, 6.45) is -0.401. The van der Waals surface area contributed by atoms with Gasteiger partial charge in [-0.1, -0.05) is 12.1 Å². The predicted molar refractivity (Wildman–Crippen MR) is 118 cm³/mol. The van der Waals surface area contributed by atoms with Crippen LogP contribution in [0.3, 0.4) is 0 Å². The number of esters is 1. The van der Waals surface area contributed by atoms with E-state index in [-0.39, 0.29) is 24.9 Å². The second kappa shape index (κ2) is 11.2. The Labute approximate surface area is 192 Å². The van der Waals surface area contributed by atoms with E-state index in [1.165, 1.54) is 14.2 Å². The van der Waals surface area contributed by atoms with Crippen molar-refractivity contribution >= 4 is 5.97 Å². The highest BCUT2D eigenvalue weighted by Gasteiger charge is 2.38. The van der Waals surface area contributed by atoms with E-state index < -0.39 is 24.8 Å². The fourth-order valence-corrected chi connectivity index (χ4v) is 3.93. The van der Waals surface area contributed by atoms with Gasteiger partial charge in [0.25, 0.3) is 0 Å². The summed E-state index contributed by atoms with van der Waals surface area (Å²) in [4.78, 5) is 11.8. The molecule has 9 nitrogen and oxygen atoms in total. The number of hydrogen-bond donors (Lipinski definition) is 3. The highest BCUT2D eigenvalue weighted by molar-refractivity contribution is 5.75. The Bertz CT molecular complexity index is 959. The normalized spacial score (nSPS) is 17.6. The molecule has 3 atom stereocenters.